The number of hydrogen-bond acceptors (Lipinski definition) is 3. The summed E-state index contributed by atoms with van der Waals surface area (Å²) in [5.74, 6) is 0.830. The summed E-state index contributed by atoms with van der Waals surface area (Å²) >= 11 is 1.78. The molecule has 1 aromatic carbocycles. The highest BCUT2D eigenvalue weighted by molar-refractivity contribution is 7.99. The summed E-state index contributed by atoms with van der Waals surface area (Å²) in [7, 11) is 0. The number of thioether (sulfide) groups is 1. The summed E-state index contributed by atoms with van der Waals surface area (Å²) in [6.07, 6.45) is 4.66. The number of aromatic nitrogens is 1. The number of nitrogens with one attached hydrogen (secondary N) is 1. The van der Waals surface area contributed by atoms with Crippen LogP contribution in [0.5, 0.6) is 0 Å². The Kier molecular flexibility index (Phi) is 6.26. The Morgan fingerprint density at radius 2 is 2.00 bits per heavy atom. The van der Waals surface area contributed by atoms with Crippen LogP contribution in [0.3, 0.4) is 0 Å². The first kappa shape index (κ1) is 13.9. The molecule has 0 fully saturated rings. The van der Waals surface area contributed by atoms with Crippen LogP contribution in [-0.4, -0.2) is 24.0 Å². The van der Waals surface area contributed by atoms with Gasteiger partial charge in [-0.2, -0.15) is 0 Å². The minimum Gasteiger partial charge on any atom is -0.384 e. The summed E-state index contributed by atoms with van der Waals surface area (Å²) in [5.41, 5.74) is 1.07. The maximum Gasteiger partial charge on any atom is 0.0637 e. The normalized spacial score (nSPS) is 10.3. The van der Waals surface area contributed by atoms with E-state index in [1.165, 1.54) is 4.90 Å². The average Bonchev–Trinajstić information content (AvgIpc) is 2.48. The van der Waals surface area contributed by atoms with E-state index in [2.05, 4.69) is 39.9 Å². The van der Waals surface area contributed by atoms with Crippen molar-refractivity contribution in [2.24, 2.45) is 0 Å². The van der Waals surface area contributed by atoms with Crippen LogP contribution < -0.4 is 10.6 Å². The van der Waals surface area contributed by atoms with Crippen LogP contribution >= 0.6 is 11.8 Å². The maximum atomic E-state index is 4.51. The van der Waals surface area contributed by atoms with Crippen molar-refractivity contribution in [2.45, 2.75) is 11.3 Å². The topological polar surface area (TPSA) is 39.0 Å². The largest absolute Gasteiger partial charge is 0.384 e. The zero-order valence-corrected chi connectivity index (χ0v) is 11.6. The summed E-state index contributed by atoms with van der Waals surface area (Å²) < 4.78 is 0. The van der Waals surface area contributed by atoms with Crippen molar-refractivity contribution in [1.29, 1.82) is 0 Å². The minimum absolute atomic E-state index is 0.830. The van der Waals surface area contributed by atoms with Crippen LogP contribution in [0, 0.1) is 0 Å². The first-order valence-electron chi connectivity index (χ1n) is 6.40. The number of rotatable bonds is 8. The molecule has 99 valence electrons. The van der Waals surface area contributed by atoms with E-state index in [0.717, 1.165) is 31.1 Å². The zero-order valence-electron chi connectivity index (χ0n) is 10.8. The van der Waals surface area contributed by atoms with Gasteiger partial charge in [0.1, 0.15) is 0 Å². The van der Waals surface area contributed by atoms with Gasteiger partial charge in [-0.3, -0.25) is 4.98 Å². The van der Waals surface area contributed by atoms with Gasteiger partial charge in [0.25, 0.3) is 0 Å². The Labute approximate surface area is 118 Å². The molecule has 19 heavy (non-hydrogen) atoms. The van der Waals surface area contributed by atoms with Crippen molar-refractivity contribution >= 4 is 17.4 Å². The number of hydrogen-bond donors (Lipinski definition) is 1. The van der Waals surface area contributed by atoms with Gasteiger partial charge in [-0.05, 0) is 30.7 Å². The maximum absolute atomic E-state index is 4.51. The fourth-order valence-electron chi connectivity index (χ4n) is 1.59. The molecule has 0 bridgehead atoms. The molecule has 3 nitrogen and oxygen atoms in total. The molecule has 2 rings (SSSR count). The Balaban J connectivity index is 1.49. The molecule has 0 aliphatic rings. The van der Waals surface area contributed by atoms with Crippen molar-refractivity contribution < 1.29 is 0 Å². The standard InChI is InChI=1S/C15H18N3S/c1-2-7-15(8-3-1)19-13-17-10-5-11-18-14-6-4-9-16-12-14/h1-4,6-9,12,18H,5,10-11,13H2. The summed E-state index contributed by atoms with van der Waals surface area (Å²) in [6.45, 7) is 1.83. The van der Waals surface area contributed by atoms with Crippen LogP contribution in [0.1, 0.15) is 6.42 Å². The van der Waals surface area contributed by atoms with Crippen LogP contribution in [0.4, 0.5) is 5.69 Å². The van der Waals surface area contributed by atoms with E-state index in [1.54, 1.807) is 18.0 Å². The van der Waals surface area contributed by atoms with Crippen LogP contribution in [0.25, 0.3) is 0 Å². The molecule has 0 unspecified atom stereocenters. The van der Waals surface area contributed by atoms with Crippen molar-refractivity contribution in [2.75, 3.05) is 24.3 Å². The molecule has 0 amide bonds. The number of nitrogens with zero attached hydrogens (tertiary/aromatic N) is 2. The molecule has 0 aliphatic carbocycles. The van der Waals surface area contributed by atoms with E-state index < -0.39 is 0 Å². The smallest absolute Gasteiger partial charge is 0.0637 e. The summed E-state index contributed by atoms with van der Waals surface area (Å²) in [6, 6.07) is 14.3. The molecule has 0 aliphatic heterocycles. The lowest BCUT2D eigenvalue weighted by Crippen LogP contribution is -2.11. The Morgan fingerprint density at radius 1 is 1.11 bits per heavy atom. The Morgan fingerprint density at radius 3 is 2.79 bits per heavy atom. The number of pyridine rings is 1. The van der Waals surface area contributed by atoms with Gasteiger partial charge < -0.3 is 5.32 Å². The van der Waals surface area contributed by atoms with Gasteiger partial charge in [-0.1, -0.05) is 18.2 Å². The van der Waals surface area contributed by atoms with Crippen molar-refractivity contribution in [3.05, 3.63) is 54.9 Å². The van der Waals surface area contributed by atoms with Crippen molar-refractivity contribution in [1.82, 2.24) is 10.3 Å². The van der Waals surface area contributed by atoms with Crippen LogP contribution in [0.2, 0.25) is 0 Å². The Hall–Kier alpha value is -1.52. The molecule has 0 saturated heterocycles. The molecule has 1 heterocycles. The molecule has 0 saturated carbocycles. The molecule has 4 heteroatoms. The minimum atomic E-state index is 0.830. The molecule has 0 spiro atoms. The van der Waals surface area contributed by atoms with E-state index in [4.69, 9.17) is 0 Å². The van der Waals surface area contributed by atoms with E-state index in [9.17, 15) is 0 Å². The second kappa shape index (κ2) is 8.56. The molecule has 1 N–H and O–H groups in total. The van der Waals surface area contributed by atoms with Gasteiger partial charge >= 0.3 is 0 Å². The number of anilines is 1. The summed E-state index contributed by atoms with van der Waals surface area (Å²) in [5, 5.41) is 7.83. The van der Waals surface area contributed by atoms with E-state index in [0.29, 0.717) is 0 Å². The summed E-state index contributed by atoms with van der Waals surface area (Å²) in [4.78, 5) is 5.33. The van der Waals surface area contributed by atoms with Gasteiger partial charge in [0, 0.05) is 30.4 Å². The van der Waals surface area contributed by atoms with Crippen molar-refractivity contribution in [3.8, 4) is 0 Å². The van der Waals surface area contributed by atoms with Gasteiger partial charge in [0.15, 0.2) is 0 Å². The second-order valence-electron chi connectivity index (χ2n) is 4.06. The molecular formula is C15H18N3S. The lowest BCUT2D eigenvalue weighted by Gasteiger charge is -2.05. The highest BCUT2D eigenvalue weighted by Gasteiger charge is 1.94. The monoisotopic (exact) mass is 272 g/mol. The third kappa shape index (κ3) is 5.77. The van der Waals surface area contributed by atoms with Crippen molar-refractivity contribution in [3.63, 3.8) is 0 Å². The predicted octanol–water partition coefficient (Wildman–Crippen LogP) is 3.24. The fraction of sp³-hybridized carbons (Fsp3) is 0.267. The first-order valence-corrected chi connectivity index (χ1v) is 7.39. The lowest BCUT2D eigenvalue weighted by molar-refractivity contribution is 0.722. The third-order valence-electron chi connectivity index (χ3n) is 2.55. The first-order chi connectivity index (χ1) is 9.45. The second-order valence-corrected chi connectivity index (χ2v) is 5.07. The quantitative estimate of drug-likeness (QED) is 0.592. The van der Waals surface area contributed by atoms with E-state index >= 15 is 0 Å². The van der Waals surface area contributed by atoms with Crippen LogP contribution in [0.15, 0.2) is 59.8 Å². The van der Waals surface area contributed by atoms with Gasteiger partial charge in [-0.15, -0.1) is 11.8 Å². The van der Waals surface area contributed by atoms with Gasteiger partial charge in [0.05, 0.1) is 11.6 Å². The number of benzene rings is 1. The van der Waals surface area contributed by atoms with Crippen LogP contribution in [-0.2, 0) is 0 Å². The molecule has 1 aromatic heterocycles. The molecular weight excluding hydrogens is 254 g/mol. The third-order valence-corrected chi connectivity index (χ3v) is 3.47. The Bertz CT molecular complexity index is 404. The SMILES string of the molecule is c1ccc(SC[N]CCCNc2cccnc2)cc1. The lowest BCUT2D eigenvalue weighted by atomic mass is 10.4. The zero-order chi connectivity index (χ0) is 13.2. The van der Waals surface area contributed by atoms with Gasteiger partial charge in [-0.25, -0.2) is 5.32 Å². The van der Waals surface area contributed by atoms with E-state index in [-0.39, 0.29) is 0 Å². The van der Waals surface area contributed by atoms with Gasteiger partial charge in [0.2, 0.25) is 0 Å². The average molecular weight is 272 g/mol. The highest BCUT2D eigenvalue weighted by Crippen LogP contribution is 2.15. The molecule has 1 radical (unpaired) electrons. The predicted molar refractivity (Wildman–Crippen MR) is 81.5 cm³/mol. The molecule has 0 atom stereocenters. The van der Waals surface area contributed by atoms with E-state index in [1.807, 2.05) is 24.4 Å². The highest BCUT2D eigenvalue weighted by atomic mass is 32.2. The molecule has 2 aromatic rings. The fourth-order valence-corrected chi connectivity index (χ4v) is 2.31.